The van der Waals surface area contributed by atoms with Gasteiger partial charge in [0.2, 0.25) is 0 Å². The van der Waals surface area contributed by atoms with Crippen LogP contribution in [0.5, 0.6) is 0 Å². The molecule has 19 heavy (non-hydrogen) atoms. The summed E-state index contributed by atoms with van der Waals surface area (Å²) in [5.74, 6) is 3.77. The molecule has 0 saturated carbocycles. The van der Waals surface area contributed by atoms with Crippen molar-refractivity contribution in [2.24, 2.45) is 0 Å². The van der Waals surface area contributed by atoms with Crippen LogP contribution in [0.4, 0.5) is 0 Å². The molecule has 1 aromatic carbocycles. The first-order valence-electron chi connectivity index (χ1n) is 7.00. The molecule has 2 heteroatoms. The van der Waals surface area contributed by atoms with Crippen LogP contribution in [0, 0.1) is 12.3 Å². The molecule has 0 fully saturated rings. The second kappa shape index (κ2) is 7.01. The number of fused-ring (bicyclic) bond motifs is 1. The van der Waals surface area contributed by atoms with Crippen LogP contribution in [0.25, 0.3) is 11.0 Å². The number of benzene rings is 1. The number of unbranched alkanes of at least 4 members (excludes halogenated alkanes) is 1. The van der Waals surface area contributed by atoms with Crippen molar-refractivity contribution in [3.05, 3.63) is 35.6 Å². The molecule has 1 heterocycles. The Morgan fingerprint density at radius 3 is 2.95 bits per heavy atom. The second-order valence-corrected chi connectivity index (χ2v) is 4.73. The quantitative estimate of drug-likeness (QED) is 0.600. The van der Waals surface area contributed by atoms with Gasteiger partial charge in [-0.1, -0.05) is 31.5 Å². The summed E-state index contributed by atoms with van der Waals surface area (Å²) < 4.78 is 5.98. The number of hydrogen-bond acceptors (Lipinski definition) is 2. The van der Waals surface area contributed by atoms with Gasteiger partial charge in [-0.05, 0) is 12.5 Å². The van der Waals surface area contributed by atoms with Gasteiger partial charge in [0.15, 0.2) is 0 Å². The van der Waals surface area contributed by atoms with E-state index in [1.807, 2.05) is 12.1 Å². The van der Waals surface area contributed by atoms with Gasteiger partial charge < -0.3 is 9.73 Å². The number of terminal acetylenes is 1. The number of rotatable bonds is 7. The third-order valence-electron chi connectivity index (χ3n) is 3.29. The summed E-state index contributed by atoms with van der Waals surface area (Å²) in [5, 5.41) is 4.62. The Kier molecular flexibility index (Phi) is 5.06. The third kappa shape index (κ3) is 3.39. The molecule has 0 amide bonds. The number of para-hydroxylation sites is 1. The summed E-state index contributed by atoms with van der Waals surface area (Å²) >= 11 is 0. The molecule has 1 aromatic heterocycles. The highest BCUT2D eigenvalue weighted by Crippen LogP contribution is 2.27. The molecule has 0 atom stereocenters. The standard InChI is InChI=1S/C17H21NO/c1-3-5-10-17-15(13-18-12-6-4-2)14-9-7-8-11-16(14)19-17/h2,7-9,11,18H,3,5-6,10,12-13H2,1H3. The van der Waals surface area contributed by atoms with Crippen LogP contribution in [0.3, 0.4) is 0 Å². The normalized spacial score (nSPS) is 10.7. The Hall–Kier alpha value is -1.72. The van der Waals surface area contributed by atoms with Gasteiger partial charge in [-0.2, -0.15) is 0 Å². The molecule has 1 N–H and O–H groups in total. The molecular weight excluding hydrogens is 234 g/mol. The van der Waals surface area contributed by atoms with E-state index in [9.17, 15) is 0 Å². The molecule has 0 aliphatic rings. The van der Waals surface area contributed by atoms with Crippen LogP contribution in [-0.2, 0) is 13.0 Å². The highest BCUT2D eigenvalue weighted by atomic mass is 16.3. The summed E-state index contributed by atoms with van der Waals surface area (Å²) in [6.45, 7) is 3.88. The summed E-state index contributed by atoms with van der Waals surface area (Å²) in [4.78, 5) is 0. The lowest BCUT2D eigenvalue weighted by molar-refractivity contribution is 0.525. The lowest BCUT2D eigenvalue weighted by Crippen LogP contribution is -2.14. The Labute approximate surface area is 115 Å². The molecular formula is C17H21NO. The largest absolute Gasteiger partial charge is 0.461 e. The van der Waals surface area contributed by atoms with Gasteiger partial charge in [0.1, 0.15) is 11.3 Å². The van der Waals surface area contributed by atoms with Crippen LogP contribution in [-0.4, -0.2) is 6.54 Å². The maximum atomic E-state index is 5.98. The molecule has 0 aliphatic heterocycles. The lowest BCUT2D eigenvalue weighted by Gasteiger charge is -2.04. The molecule has 0 saturated heterocycles. The molecule has 2 rings (SSSR count). The van der Waals surface area contributed by atoms with Crippen molar-refractivity contribution < 1.29 is 4.42 Å². The van der Waals surface area contributed by atoms with Gasteiger partial charge in [0.25, 0.3) is 0 Å². The fourth-order valence-electron chi connectivity index (χ4n) is 2.26. The van der Waals surface area contributed by atoms with Crippen molar-refractivity contribution in [1.82, 2.24) is 5.32 Å². The third-order valence-corrected chi connectivity index (χ3v) is 3.29. The van der Waals surface area contributed by atoms with Crippen LogP contribution >= 0.6 is 0 Å². The first kappa shape index (κ1) is 13.7. The monoisotopic (exact) mass is 255 g/mol. The van der Waals surface area contributed by atoms with E-state index in [1.165, 1.54) is 17.4 Å². The molecule has 0 spiro atoms. The first-order valence-corrected chi connectivity index (χ1v) is 7.00. The van der Waals surface area contributed by atoms with E-state index in [2.05, 4.69) is 30.3 Å². The first-order chi connectivity index (χ1) is 9.36. The SMILES string of the molecule is C#CCCNCc1c(CCCC)oc2ccccc12. The zero-order valence-electron chi connectivity index (χ0n) is 11.5. The molecule has 0 radical (unpaired) electrons. The van der Waals surface area contributed by atoms with E-state index in [1.54, 1.807) is 0 Å². The summed E-state index contributed by atoms with van der Waals surface area (Å²) in [6, 6.07) is 8.25. The van der Waals surface area contributed by atoms with E-state index >= 15 is 0 Å². The predicted molar refractivity (Wildman–Crippen MR) is 80.0 cm³/mol. The lowest BCUT2D eigenvalue weighted by atomic mass is 10.1. The topological polar surface area (TPSA) is 25.2 Å². The second-order valence-electron chi connectivity index (χ2n) is 4.73. The maximum absolute atomic E-state index is 5.98. The molecule has 0 bridgehead atoms. The van der Waals surface area contributed by atoms with Gasteiger partial charge >= 0.3 is 0 Å². The van der Waals surface area contributed by atoms with Gasteiger partial charge in [0, 0.05) is 36.9 Å². The maximum Gasteiger partial charge on any atom is 0.134 e. The van der Waals surface area contributed by atoms with Crippen LogP contribution in [0.2, 0.25) is 0 Å². The van der Waals surface area contributed by atoms with Crippen LogP contribution < -0.4 is 5.32 Å². The summed E-state index contributed by atoms with van der Waals surface area (Å²) in [7, 11) is 0. The Morgan fingerprint density at radius 2 is 2.16 bits per heavy atom. The van der Waals surface area contributed by atoms with Gasteiger partial charge in [-0.25, -0.2) is 0 Å². The summed E-state index contributed by atoms with van der Waals surface area (Å²) in [5.41, 5.74) is 2.28. The number of nitrogens with one attached hydrogen (secondary N) is 1. The van der Waals surface area contributed by atoms with Crippen LogP contribution in [0.1, 0.15) is 37.5 Å². The minimum atomic E-state index is 0.764. The van der Waals surface area contributed by atoms with Crippen molar-refractivity contribution in [1.29, 1.82) is 0 Å². The zero-order chi connectivity index (χ0) is 13.5. The van der Waals surface area contributed by atoms with E-state index in [0.717, 1.165) is 43.7 Å². The van der Waals surface area contributed by atoms with Crippen molar-refractivity contribution in [3.8, 4) is 12.3 Å². The zero-order valence-corrected chi connectivity index (χ0v) is 11.5. The van der Waals surface area contributed by atoms with E-state index in [0.29, 0.717) is 0 Å². The molecule has 2 aromatic rings. The van der Waals surface area contributed by atoms with E-state index < -0.39 is 0 Å². The molecule has 0 aliphatic carbocycles. The smallest absolute Gasteiger partial charge is 0.134 e. The summed E-state index contributed by atoms with van der Waals surface area (Å²) in [6.07, 6.45) is 9.39. The fourth-order valence-corrected chi connectivity index (χ4v) is 2.26. The number of aryl methyl sites for hydroxylation is 1. The Balaban J connectivity index is 2.19. The Morgan fingerprint density at radius 1 is 1.32 bits per heavy atom. The van der Waals surface area contributed by atoms with Gasteiger partial charge in [-0.3, -0.25) is 0 Å². The van der Waals surface area contributed by atoms with Crippen LogP contribution in [0.15, 0.2) is 28.7 Å². The van der Waals surface area contributed by atoms with Gasteiger partial charge in [0.05, 0.1) is 0 Å². The van der Waals surface area contributed by atoms with E-state index in [-0.39, 0.29) is 0 Å². The molecule has 2 nitrogen and oxygen atoms in total. The minimum Gasteiger partial charge on any atom is -0.461 e. The highest BCUT2D eigenvalue weighted by Gasteiger charge is 2.12. The molecule has 0 unspecified atom stereocenters. The minimum absolute atomic E-state index is 0.764. The van der Waals surface area contributed by atoms with Crippen molar-refractivity contribution in [2.75, 3.05) is 6.54 Å². The van der Waals surface area contributed by atoms with Gasteiger partial charge in [-0.15, -0.1) is 12.3 Å². The fraction of sp³-hybridized carbons (Fsp3) is 0.412. The van der Waals surface area contributed by atoms with Crippen molar-refractivity contribution >= 4 is 11.0 Å². The highest BCUT2D eigenvalue weighted by molar-refractivity contribution is 5.82. The predicted octanol–water partition coefficient (Wildman–Crippen LogP) is 3.89. The number of furan rings is 1. The Bertz CT molecular complexity index is 562. The number of hydrogen-bond donors (Lipinski definition) is 1. The van der Waals surface area contributed by atoms with Crippen molar-refractivity contribution in [3.63, 3.8) is 0 Å². The van der Waals surface area contributed by atoms with E-state index in [4.69, 9.17) is 10.8 Å². The average molecular weight is 255 g/mol. The molecule has 100 valence electrons. The van der Waals surface area contributed by atoms with Crippen molar-refractivity contribution in [2.45, 2.75) is 39.2 Å². The average Bonchev–Trinajstić information content (AvgIpc) is 2.79.